The third-order valence-electron chi connectivity index (χ3n) is 5.09. The molecule has 1 aliphatic rings. The highest BCUT2D eigenvalue weighted by Crippen LogP contribution is 2.28. The van der Waals surface area contributed by atoms with Gasteiger partial charge in [-0.3, -0.25) is 9.59 Å². The number of likely N-dealkylation sites (tertiary alicyclic amines) is 1. The van der Waals surface area contributed by atoms with E-state index in [1.807, 2.05) is 35.2 Å². The largest absolute Gasteiger partial charge is 0.388 e. The molecular weight excluding hydrogens is 340 g/mol. The van der Waals surface area contributed by atoms with Gasteiger partial charge in [-0.2, -0.15) is 0 Å². The molecule has 0 saturated carbocycles. The Morgan fingerprint density at radius 1 is 1.26 bits per heavy atom. The molecule has 1 saturated heterocycles. The van der Waals surface area contributed by atoms with Gasteiger partial charge < -0.3 is 15.0 Å². The zero-order valence-corrected chi connectivity index (χ0v) is 16.0. The third-order valence-corrected chi connectivity index (χ3v) is 5.09. The van der Waals surface area contributed by atoms with Crippen LogP contribution in [0.2, 0.25) is 0 Å². The lowest BCUT2D eigenvalue weighted by molar-refractivity contribution is 0.0666. The summed E-state index contributed by atoms with van der Waals surface area (Å²) >= 11 is 0. The first kappa shape index (κ1) is 19.4. The SMILES string of the molecule is CC(C)Cc1cc(C(=O)N2CCCC2CC(O)c2ccccc2)cc(=O)[nH]1. The van der Waals surface area contributed by atoms with E-state index in [1.165, 1.54) is 6.07 Å². The maximum Gasteiger partial charge on any atom is 0.254 e. The van der Waals surface area contributed by atoms with Crippen molar-refractivity contribution in [3.8, 4) is 0 Å². The molecule has 1 amide bonds. The molecule has 5 heteroatoms. The number of aromatic nitrogens is 1. The van der Waals surface area contributed by atoms with Crippen LogP contribution in [-0.4, -0.2) is 33.5 Å². The normalized spacial score (nSPS) is 18.1. The van der Waals surface area contributed by atoms with E-state index in [2.05, 4.69) is 18.8 Å². The van der Waals surface area contributed by atoms with Crippen molar-refractivity contribution in [2.75, 3.05) is 6.54 Å². The van der Waals surface area contributed by atoms with Gasteiger partial charge in [-0.15, -0.1) is 0 Å². The predicted octanol–water partition coefficient (Wildman–Crippen LogP) is 3.30. The first-order chi connectivity index (χ1) is 12.9. The van der Waals surface area contributed by atoms with Crippen LogP contribution in [0.15, 0.2) is 47.3 Å². The molecule has 3 rings (SSSR count). The highest BCUT2D eigenvalue weighted by molar-refractivity contribution is 5.94. The molecule has 0 bridgehead atoms. The molecule has 0 spiro atoms. The summed E-state index contributed by atoms with van der Waals surface area (Å²) in [6.07, 6.45) is 2.43. The molecule has 2 N–H and O–H groups in total. The highest BCUT2D eigenvalue weighted by atomic mass is 16.3. The number of benzene rings is 1. The first-order valence-corrected chi connectivity index (χ1v) is 9.71. The molecule has 27 heavy (non-hydrogen) atoms. The Morgan fingerprint density at radius 2 is 2.00 bits per heavy atom. The van der Waals surface area contributed by atoms with E-state index < -0.39 is 6.10 Å². The Bertz CT molecular complexity index is 829. The summed E-state index contributed by atoms with van der Waals surface area (Å²) in [6, 6.07) is 12.7. The number of H-pyrrole nitrogens is 1. The van der Waals surface area contributed by atoms with E-state index in [4.69, 9.17) is 0 Å². The summed E-state index contributed by atoms with van der Waals surface area (Å²) in [6.45, 7) is 4.82. The molecule has 2 atom stereocenters. The summed E-state index contributed by atoms with van der Waals surface area (Å²) in [4.78, 5) is 29.7. The molecule has 5 nitrogen and oxygen atoms in total. The summed E-state index contributed by atoms with van der Waals surface area (Å²) in [7, 11) is 0. The van der Waals surface area contributed by atoms with Gasteiger partial charge in [-0.25, -0.2) is 0 Å². The van der Waals surface area contributed by atoms with E-state index in [0.29, 0.717) is 24.4 Å². The zero-order chi connectivity index (χ0) is 19.4. The summed E-state index contributed by atoms with van der Waals surface area (Å²) in [5, 5.41) is 10.5. The number of carbonyl (C=O) groups is 1. The van der Waals surface area contributed by atoms with Crippen LogP contribution < -0.4 is 5.56 Å². The van der Waals surface area contributed by atoms with Gasteiger partial charge in [-0.05, 0) is 43.2 Å². The molecule has 1 aliphatic heterocycles. The maximum atomic E-state index is 13.1. The second kappa shape index (κ2) is 8.53. The van der Waals surface area contributed by atoms with E-state index in [-0.39, 0.29) is 17.5 Å². The topological polar surface area (TPSA) is 73.4 Å². The molecule has 2 heterocycles. The van der Waals surface area contributed by atoms with Crippen molar-refractivity contribution in [1.29, 1.82) is 0 Å². The highest BCUT2D eigenvalue weighted by Gasteiger charge is 2.31. The van der Waals surface area contributed by atoms with Crippen molar-refractivity contribution in [1.82, 2.24) is 9.88 Å². The van der Waals surface area contributed by atoms with Crippen LogP contribution in [-0.2, 0) is 6.42 Å². The lowest BCUT2D eigenvalue weighted by Crippen LogP contribution is -2.37. The lowest BCUT2D eigenvalue weighted by atomic mass is 10.00. The number of aromatic amines is 1. The summed E-state index contributed by atoms with van der Waals surface area (Å²) in [5.41, 5.74) is 1.86. The van der Waals surface area contributed by atoms with Gasteiger partial charge in [0.25, 0.3) is 5.91 Å². The molecular formula is C22H28N2O3. The number of pyridine rings is 1. The van der Waals surface area contributed by atoms with Gasteiger partial charge in [0.2, 0.25) is 5.56 Å². The molecule has 0 radical (unpaired) electrons. The first-order valence-electron chi connectivity index (χ1n) is 9.71. The van der Waals surface area contributed by atoms with Crippen molar-refractivity contribution >= 4 is 5.91 Å². The number of hydrogen-bond acceptors (Lipinski definition) is 3. The maximum absolute atomic E-state index is 13.1. The molecule has 2 aromatic rings. The Balaban J connectivity index is 1.75. The van der Waals surface area contributed by atoms with Gasteiger partial charge in [0.15, 0.2) is 0 Å². The monoisotopic (exact) mass is 368 g/mol. The van der Waals surface area contributed by atoms with E-state index in [1.54, 1.807) is 6.07 Å². The second-order valence-corrected chi connectivity index (χ2v) is 7.81. The number of rotatable bonds is 6. The fraction of sp³-hybridized carbons (Fsp3) is 0.455. The lowest BCUT2D eigenvalue weighted by Gasteiger charge is -2.27. The quantitative estimate of drug-likeness (QED) is 0.822. The Morgan fingerprint density at radius 3 is 2.70 bits per heavy atom. The van der Waals surface area contributed by atoms with Gasteiger partial charge in [0.1, 0.15) is 0 Å². The van der Waals surface area contributed by atoms with Crippen LogP contribution in [0.4, 0.5) is 0 Å². The Hall–Kier alpha value is -2.40. The second-order valence-electron chi connectivity index (χ2n) is 7.81. The van der Waals surface area contributed by atoms with Crippen molar-refractivity contribution < 1.29 is 9.90 Å². The number of nitrogens with zero attached hydrogens (tertiary/aromatic N) is 1. The summed E-state index contributed by atoms with van der Waals surface area (Å²) < 4.78 is 0. The van der Waals surface area contributed by atoms with Crippen molar-refractivity contribution in [2.45, 2.75) is 51.7 Å². The van der Waals surface area contributed by atoms with Crippen LogP contribution >= 0.6 is 0 Å². The molecule has 1 aromatic carbocycles. The minimum atomic E-state index is -0.597. The molecule has 0 aliphatic carbocycles. The van der Waals surface area contributed by atoms with E-state index >= 15 is 0 Å². The average molecular weight is 368 g/mol. The Labute approximate surface area is 160 Å². The molecule has 1 aromatic heterocycles. The van der Waals surface area contributed by atoms with Gasteiger partial charge in [-0.1, -0.05) is 44.2 Å². The minimum Gasteiger partial charge on any atom is -0.388 e. The van der Waals surface area contributed by atoms with Crippen LogP contribution in [0.5, 0.6) is 0 Å². The number of aliphatic hydroxyl groups excluding tert-OH is 1. The predicted molar refractivity (Wildman–Crippen MR) is 106 cm³/mol. The average Bonchev–Trinajstić information content (AvgIpc) is 3.08. The molecule has 144 valence electrons. The van der Waals surface area contributed by atoms with E-state index in [9.17, 15) is 14.7 Å². The standard InChI is InChI=1S/C22H28N2O3/c1-15(2)11-18-12-17(13-21(26)23-18)22(27)24-10-6-9-19(24)14-20(25)16-7-4-3-5-8-16/h3-5,7-8,12-13,15,19-20,25H,6,9-11,14H2,1-2H3,(H,23,26). The van der Waals surface area contributed by atoms with Crippen LogP contribution in [0, 0.1) is 5.92 Å². The van der Waals surface area contributed by atoms with E-state index in [0.717, 1.165) is 30.5 Å². The molecule has 1 fully saturated rings. The number of aliphatic hydroxyl groups is 1. The van der Waals surface area contributed by atoms with Crippen LogP contribution in [0.25, 0.3) is 0 Å². The van der Waals surface area contributed by atoms with Crippen molar-refractivity contribution in [3.05, 3.63) is 69.6 Å². The fourth-order valence-electron chi connectivity index (χ4n) is 3.86. The smallest absolute Gasteiger partial charge is 0.254 e. The minimum absolute atomic E-state index is 0.0134. The van der Waals surface area contributed by atoms with Crippen molar-refractivity contribution in [3.63, 3.8) is 0 Å². The van der Waals surface area contributed by atoms with Crippen LogP contribution in [0.3, 0.4) is 0 Å². The fourth-order valence-corrected chi connectivity index (χ4v) is 3.86. The Kier molecular flexibility index (Phi) is 6.11. The number of nitrogens with one attached hydrogen (secondary N) is 1. The van der Waals surface area contributed by atoms with Gasteiger partial charge in [0, 0.05) is 29.9 Å². The van der Waals surface area contributed by atoms with Crippen molar-refractivity contribution in [2.24, 2.45) is 5.92 Å². The number of carbonyl (C=O) groups excluding carboxylic acids is 1. The summed E-state index contributed by atoms with van der Waals surface area (Å²) in [5.74, 6) is 0.278. The van der Waals surface area contributed by atoms with Crippen LogP contribution in [0.1, 0.15) is 60.8 Å². The number of amides is 1. The third kappa shape index (κ3) is 4.86. The van der Waals surface area contributed by atoms with Gasteiger partial charge in [0.05, 0.1) is 6.10 Å². The zero-order valence-electron chi connectivity index (χ0n) is 16.0. The molecule has 2 unspecified atom stereocenters. The van der Waals surface area contributed by atoms with Gasteiger partial charge >= 0.3 is 0 Å². The number of hydrogen-bond donors (Lipinski definition) is 2.